The molecule has 0 unspecified atom stereocenters. The summed E-state index contributed by atoms with van der Waals surface area (Å²) in [6.07, 6.45) is 1.31. The second-order valence-corrected chi connectivity index (χ2v) is 4.85. The van der Waals surface area contributed by atoms with Crippen molar-refractivity contribution in [3.8, 4) is 0 Å². The number of nitro groups is 1. The van der Waals surface area contributed by atoms with Crippen molar-refractivity contribution >= 4 is 29.5 Å². The number of rotatable bonds is 5. The van der Waals surface area contributed by atoms with Gasteiger partial charge in [-0.2, -0.15) is 0 Å². The van der Waals surface area contributed by atoms with Crippen LogP contribution in [0.25, 0.3) is 6.08 Å². The maximum Gasteiger partial charge on any atom is 0.342 e. The maximum atomic E-state index is 11.2. The van der Waals surface area contributed by atoms with Gasteiger partial charge < -0.3 is 9.52 Å². The Morgan fingerprint density at radius 3 is 2.81 bits per heavy atom. The van der Waals surface area contributed by atoms with Crippen molar-refractivity contribution in [2.45, 2.75) is 12.1 Å². The van der Waals surface area contributed by atoms with Gasteiger partial charge >= 0.3 is 5.97 Å². The predicted molar refractivity (Wildman–Crippen MR) is 73.6 cm³/mol. The monoisotopic (exact) mass is 307 g/mol. The Bertz CT molecular complexity index is 725. The number of hydrogen-bond acceptors (Lipinski definition) is 7. The molecule has 1 aromatic carbocycles. The Morgan fingerprint density at radius 1 is 1.48 bits per heavy atom. The molecule has 0 aliphatic heterocycles. The van der Waals surface area contributed by atoms with Crippen molar-refractivity contribution in [2.75, 3.05) is 0 Å². The Kier molecular flexibility index (Phi) is 4.33. The summed E-state index contributed by atoms with van der Waals surface area (Å²) in [6.45, 7) is 1.59. The first-order valence-electron chi connectivity index (χ1n) is 5.63. The maximum absolute atomic E-state index is 11.2. The standard InChI is InChI=1S/C12H9N3O5S/c1-7-13-14-12(20-7)21-10(11(16)17)6-8-3-2-4-9(5-8)15(18)19/h2-6H,1H3,(H,16,17)/b10-6-. The Labute approximate surface area is 122 Å². The van der Waals surface area contributed by atoms with Gasteiger partial charge in [0.1, 0.15) is 4.91 Å². The van der Waals surface area contributed by atoms with Gasteiger partial charge in [0.25, 0.3) is 10.9 Å². The molecule has 108 valence electrons. The van der Waals surface area contributed by atoms with E-state index >= 15 is 0 Å². The van der Waals surface area contributed by atoms with Gasteiger partial charge in [0, 0.05) is 19.1 Å². The van der Waals surface area contributed by atoms with E-state index in [2.05, 4.69) is 10.2 Å². The summed E-state index contributed by atoms with van der Waals surface area (Å²) in [7, 11) is 0. The topological polar surface area (TPSA) is 119 Å². The zero-order valence-corrected chi connectivity index (χ0v) is 11.5. The highest BCUT2D eigenvalue weighted by atomic mass is 32.2. The van der Waals surface area contributed by atoms with Crippen molar-refractivity contribution in [3.05, 3.63) is 50.7 Å². The highest BCUT2D eigenvalue weighted by Gasteiger charge is 2.15. The Balaban J connectivity index is 2.31. The number of nitrogens with zero attached hydrogens (tertiary/aromatic N) is 3. The summed E-state index contributed by atoms with van der Waals surface area (Å²) in [4.78, 5) is 21.3. The molecule has 8 nitrogen and oxygen atoms in total. The average molecular weight is 307 g/mol. The lowest BCUT2D eigenvalue weighted by molar-refractivity contribution is -0.384. The lowest BCUT2D eigenvalue weighted by Gasteiger charge is -1.99. The van der Waals surface area contributed by atoms with E-state index < -0.39 is 10.9 Å². The summed E-state index contributed by atoms with van der Waals surface area (Å²) >= 11 is 0.778. The van der Waals surface area contributed by atoms with E-state index in [1.54, 1.807) is 13.0 Å². The quantitative estimate of drug-likeness (QED) is 0.387. The van der Waals surface area contributed by atoms with Gasteiger partial charge in [-0.25, -0.2) is 4.79 Å². The molecule has 21 heavy (non-hydrogen) atoms. The third-order valence-electron chi connectivity index (χ3n) is 2.29. The molecule has 0 saturated carbocycles. The van der Waals surface area contributed by atoms with Crippen LogP contribution in [0.3, 0.4) is 0 Å². The fraction of sp³-hybridized carbons (Fsp3) is 0.0833. The number of carbonyl (C=O) groups is 1. The SMILES string of the molecule is Cc1nnc(S/C(=C\c2cccc([N+](=O)[O-])c2)C(=O)O)o1. The highest BCUT2D eigenvalue weighted by molar-refractivity contribution is 8.03. The molecule has 0 aliphatic carbocycles. The number of thioether (sulfide) groups is 1. The van der Waals surface area contributed by atoms with Gasteiger partial charge in [0.2, 0.25) is 5.89 Å². The minimum Gasteiger partial charge on any atom is -0.477 e. The molecule has 1 N–H and O–H groups in total. The van der Waals surface area contributed by atoms with Gasteiger partial charge in [0.05, 0.1) is 4.92 Å². The van der Waals surface area contributed by atoms with E-state index in [-0.39, 0.29) is 15.8 Å². The van der Waals surface area contributed by atoms with Crippen molar-refractivity contribution in [2.24, 2.45) is 0 Å². The first kappa shape index (κ1) is 14.7. The molecule has 0 bridgehead atoms. The number of aryl methyl sites for hydroxylation is 1. The van der Waals surface area contributed by atoms with Gasteiger partial charge in [-0.1, -0.05) is 12.1 Å². The zero-order valence-electron chi connectivity index (χ0n) is 10.7. The molecule has 1 aromatic heterocycles. The van der Waals surface area contributed by atoms with Gasteiger partial charge in [0.15, 0.2) is 0 Å². The van der Waals surface area contributed by atoms with Crippen LogP contribution in [-0.2, 0) is 4.79 Å². The molecule has 0 radical (unpaired) electrons. The molecule has 0 saturated heterocycles. The molecule has 0 fully saturated rings. The number of aromatic nitrogens is 2. The minimum atomic E-state index is -1.19. The van der Waals surface area contributed by atoms with Crippen LogP contribution in [-0.4, -0.2) is 26.2 Å². The molecule has 9 heteroatoms. The van der Waals surface area contributed by atoms with E-state index in [0.29, 0.717) is 11.5 Å². The van der Waals surface area contributed by atoms with E-state index in [0.717, 1.165) is 11.8 Å². The Morgan fingerprint density at radius 2 is 2.24 bits per heavy atom. The van der Waals surface area contributed by atoms with E-state index in [4.69, 9.17) is 9.52 Å². The molecule has 0 atom stereocenters. The highest BCUT2D eigenvalue weighted by Crippen LogP contribution is 2.28. The summed E-state index contributed by atoms with van der Waals surface area (Å²) in [6, 6.07) is 5.65. The molecule has 1 heterocycles. The normalized spacial score (nSPS) is 11.4. The van der Waals surface area contributed by atoms with Crippen molar-refractivity contribution in [1.29, 1.82) is 0 Å². The lowest BCUT2D eigenvalue weighted by atomic mass is 10.2. The van der Waals surface area contributed by atoms with Crippen molar-refractivity contribution < 1.29 is 19.2 Å². The summed E-state index contributed by atoms with van der Waals surface area (Å²) in [5.74, 6) is -0.875. The third kappa shape index (κ3) is 3.89. The number of aliphatic carboxylic acids is 1. The van der Waals surface area contributed by atoms with Crippen LogP contribution in [0.15, 0.2) is 38.8 Å². The van der Waals surface area contributed by atoms with Crippen LogP contribution in [0.1, 0.15) is 11.5 Å². The molecular formula is C12H9N3O5S. The number of carboxylic acids is 1. The van der Waals surface area contributed by atoms with Gasteiger partial charge in [-0.3, -0.25) is 10.1 Å². The summed E-state index contributed by atoms with van der Waals surface area (Å²) < 4.78 is 5.09. The number of carboxylic acid groups (broad SMARTS) is 1. The first-order valence-corrected chi connectivity index (χ1v) is 6.45. The summed E-state index contributed by atoms with van der Waals surface area (Å²) in [5, 5.41) is 27.2. The number of non-ortho nitro benzene ring substituents is 1. The number of nitro benzene ring substituents is 1. The molecule has 0 spiro atoms. The van der Waals surface area contributed by atoms with Crippen LogP contribution < -0.4 is 0 Å². The van der Waals surface area contributed by atoms with E-state index in [1.807, 2.05) is 0 Å². The molecule has 2 rings (SSSR count). The average Bonchev–Trinajstić information content (AvgIpc) is 2.83. The van der Waals surface area contributed by atoms with Crippen LogP contribution in [0.5, 0.6) is 0 Å². The van der Waals surface area contributed by atoms with Crippen LogP contribution in [0, 0.1) is 17.0 Å². The third-order valence-corrected chi connectivity index (χ3v) is 3.15. The van der Waals surface area contributed by atoms with Crippen LogP contribution in [0.4, 0.5) is 5.69 Å². The fourth-order valence-electron chi connectivity index (χ4n) is 1.43. The van der Waals surface area contributed by atoms with Crippen molar-refractivity contribution in [3.63, 3.8) is 0 Å². The largest absolute Gasteiger partial charge is 0.477 e. The fourth-order valence-corrected chi connectivity index (χ4v) is 2.14. The van der Waals surface area contributed by atoms with Gasteiger partial charge in [-0.15, -0.1) is 10.2 Å². The number of hydrogen-bond donors (Lipinski definition) is 1. The molecule has 0 aliphatic rings. The first-order chi connectivity index (χ1) is 9.95. The van der Waals surface area contributed by atoms with Crippen LogP contribution in [0.2, 0.25) is 0 Å². The molecular weight excluding hydrogens is 298 g/mol. The molecule has 0 amide bonds. The van der Waals surface area contributed by atoms with Gasteiger partial charge in [-0.05, 0) is 23.4 Å². The van der Waals surface area contributed by atoms with E-state index in [9.17, 15) is 14.9 Å². The second-order valence-electron chi connectivity index (χ2n) is 3.85. The predicted octanol–water partition coefficient (Wildman–Crippen LogP) is 2.50. The Hall–Kier alpha value is -2.68. The van der Waals surface area contributed by atoms with Crippen LogP contribution >= 0.6 is 11.8 Å². The van der Waals surface area contributed by atoms with E-state index in [1.165, 1.54) is 24.3 Å². The molecule has 2 aromatic rings. The zero-order chi connectivity index (χ0) is 15.4. The second kappa shape index (κ2) is 6.18. The smallest absolute Gasteiger partial charge is 0.342 e. The summed E-state index contributed by atoms with van der Waals surface area (Å²) in [5.41, 5.74) is 0.275. The van der Waals surface area contributed by atoms with Crippen molar-refractivity contribution in [1.82, 2.24) is 10.2 Å². The lowest BCUT2D eigenvalue weighted by Crippen LogP contribution is -1.97. The number of benzene rings is 1. The minimum absolute atomic E-state index is 0.0841.